The third-order valence-electron chi connectivity index (χ3n) is 3.04. The van der Waals surface area contributed by atoms with Crippen LogP contribution < -0.4 is 0 Å². The van der Waals surface area contributed by atoms with E-state index in [1.54, 1.807) is 37.4 Å². The van der Waals surface area contributed by atoms with Crippen molar-refractivity contribution in [2.75, 3.05) is 7.05 Å². The summed E-state index contributed by atoms with van der Waals surface area (Å²) < 4.78 is 26.6. The summed E-state index contributed by atoms with van der Waals surface area (Å²) in [6, 6.07) is 10.5. The maximum atomic E-state index is 12.3. The van der Waals surface area contributed by atoms with Gasteiger partial charge in [0.25, 0.3) is 0 Å². The number of hydrogen-bond donors (Lipinski definition) is 1. The standard InChI is InChI=1S/C14H16ClNO3S2/c1-16(8-13-6-7-14(15)20-13)21(18,19)10-12-4-2-11(9-17)3-5-12/h2-7,17H,8-10H2,1H3. The highest BCUT2D eigenvalue weighted by molar-refractivity contribution is 7.88. The Bertz CT molecular complexity index is 695. The highest BCUT2D eigenvalue weighted by atomic mass is 35.5. The number of sulfonamides is 1. The van der Waals surface area contributed by atoms with Crippen LogP contribution in [0.2, 0.25) is 4.34 Å². The first kappa shape index (κ1) is 16.5. The highest BCUT2D eigenvalue weighted by Gasteiger charge is 2.19. The Hall–Kier alpha value is -0.920. The number of thiophene rings is 1. The summed E-state index contributed by atoms with van der Waals surface area (Å²) in [6.45, 7) is 0.264. The van der Waals surface area contributed by atoms with E-state index in [9.17, 15) is 8.42 Å². The van der Waals surface area contributed by atoms with Crippen LogP contribution in [0.4, 0.5) is 0 Å². The summed E-state index contributed by atoms with van der Waals surface area (Å²) >= 11 is 7.22. The third kappa shape index (κ3) is 4.52. The van der Waals surface area contributed by atoms with Crippen LogP contribution in [0.25, 0.3) is 0 Å². The Labute approximate surface area is 133 Å². The van der Waals surface area contributed by atoms with E-state index in [0.717, 1.165) is 10.4 Å². The summed E-state index contributed by atoms with van der Waals surface area (Å²) in [5.74, 6) is -0.0612. The Morgan fingerprint density at radius 2 is 1.76 bits per heavy atom. The van der Waals surface area contributed by atoms with Crippen molar-refractivity contribution in [3.05, 3.63) is 56.7 Å². The van der Waals surface area contributed by atoms with Gasteiger partial charge in [0.2, 0.25) is 10.0 Å². The van der Waals surface area contributed by atoms with Crippen LogP contribution in [-0.4, -0.2) is 24.9 Å². The van der Waals surface area contributed by atoms with E-state index in [1.807, 2.05) is 6.07 Å². The number of benzene rings is 1. The van der Waals surface area contributed by atoms with Gasteiger partial charge in [-0.2, -0.15) is 4.31 Å². The quantitative estimate of drug-likeness (QED) is 0.875. The second kappa shape index (κ2) is 6.89. The van der Waals surface area contributed by atoms with E-state index in [4.69, 9.17) is 16.7 Å². The Kier molecular flexibility index (Phi) is 5.40. The van der Waals surface area contributed by atoms with E-state index < -0.39 is 10.0 Å². The smallest absolute Gasteiger partial charge is 0.218 e. The molecular weight excluding hydrogens is 330 g/mol. The van der Waals surface area contributed by atoms with Gasteiger partial charge in [0.1, 0.15) is 0 Å². The molecule has 0 aliphatic carbocycles. The first-order valence-corrected chi connectivity index (χ1v) is 9.08. The summed E-state index contributed by atoms with van der Waals surface area (Å²) in [7, 11) is -1.83. The maximum Gasteiger partial charge on any atom is 0.218 e. The Morgan fingerprint density at radius 1 is 1.14 bits per heavy atom. The monoisotopic (exact) mass is 345 g/mol. The number of hydrogen-bond acceptors (Lipinski definition) is 4. The van der Waals surface area contributed by atoms with Crippen LogP contribution in [0.1, 0.15) is 16.0 Å². The lowest BCUT2D eigenvalue weighted by Gasteiger charge is -2.16. The van der Waals surface area contributed by atoms with E-state index in [1.165, 1.54) is 15.6 Å². The van der Waals surface area contributed by atoms with Crippen LogP contribution in [0.3, 0.4) is 0 Å². The van der Waals surface area contributed by atoms with Gasteiger partial charge in [0, 0.05) is 18.5 Å². The lowest BCUT2D eigenvalue weighted by Crippen LogP contribution is -2.27. The molecule has 1 aromatic heterocycles. The molecule has 0 radical (unpaired) electrons. The van der Waals surface area contributed by atoms with Gasteiger partial charge < -0.3 is 5.11 Å². The van der Waals surface area contributed by atoms with Gasteiger partial charge in [-0.1, -0.05) is 35.9 Å². The van der Waals surface area contributed by atoms with Crippen LogP contribution in [0.5, 0.6) is 0 Å². The van der Waals surface area contributed by atoms with Gasteiger partial charge in [-0.25, -0.2) is 8.42 Å². The number of aliphatic hydroxyl groups is 1. The molecule has 2 aromatic rings. The molecule has 21 heavy (non-hydrogen) atoms. The Balaban J connectivity index is 2.05. The summed E-state index contributed by atoms with van der Waals surface area (Å²) in [6.07, 6.45) is 0. The minimum absolute atomic E-state index is 0.0495. The first-order chi connectivity index (χ1) is 9.90. The molecule has 0 atom stereocenters. The van der Waals surface area contributed by atoms with Gasteiger partial charge in [-0.3, -0.25) is 0 Å². The number of nitrogens with zero attached hydrogens (tertiary/aromatic N) is 1. The molecule has 4 nitrogen and oxygen atoms in total. The second-order valence-electron chi connectivity index (χ2n) is 4.69. The predicted octanol–water partition coefficient (Wildman–Crippen LogP) is 2.86. The lowest BCUT2D eigenvalue weighted by molar-refractivity contribution is 0.282. The average Bonchev–Trinajstić information content (AvgIpc) is 2.84. The fourth-order valence-electron chi connectivity index (χ4n) is 1.82. The molecule has 0 aliphatic heterocycles. The van der Waals surface area contributed by atoms with Crippen LogP contribution >= 0.6 is 22.9 Å². The lowest BCUT2D eigenvalue weighted by atomic mass is 10.2. The molecule has 0 fully saturated rings. The molecule has 7 heteroatoms. The highest BCUT2D eigenvalue weighted by Crippen LogP contribution is 2.23. The summed E-state index contributed by atoms with van der Waals surface area (Å²) in [5.41, 5.74) is 1.46. The molecule has 0 bridgehead atoms. The van der Waals surface area contributed by atoms with Crippen LogP contribution in [-0.2, 0) is 28.9 Å². The minimum Gasteiger partial charge on any atom is -0.392 e. The number of halogens is 1. The normalized spacial score (nSPS) is 12.0. The van der Waals surface area contributed by atoms with Crippen molar-refractivity contribution in [2.45, 2.75) is 18.9 Å². The molecule has 1 aromatic carbocycles. The first-order valence-electron chi connectivity index (χ1n) is 6.27. The molecule has 0 saturated heterocycles. The van der Waals surface area contributed by atoms with Crippen molar-refractivity contribution >= 4 is 33.0 Å². The fraction of sp³-hybridized carbons (Fsp3) is 0.286. The van der Waals surface area contributed by atoms with Crippen molar-refractivity contribution in [1.29, 1.82) is 0 Å². The van der Waals surface area contributed by atoms with E-state index in [-0.39, 0.29) is 12.4 Å². The topological polar surface area (TPSA) is 57.6 Å². The predicted molar refractivity (Wildman–Crippen MR) is 85.8 cm³/mol. The van der Waals surface area contributed by atoms with E-state index >= 15 is 0 Å². The second-order valence-corrected chi connectivity index (χ2v) is 8.57. The molecule has 0 aliphatic rings. The third-order valence-corrected chi connectivity index (χ3v) is 6.03. The van der Waals surface area contributed by atoms with E-state index in [0.29, 0.717) is 16.4 Å². The molecular formula is C14H16ClNO3S2. The molecule has 0 amide bonds. The van der Waals surface area contributed by atoms with Crippen LogP contribution in [0.15, 0.2) is 36.4 Å². The molecule has 0 spiro atoms. The molecule has 1 N–H and O–H groups in total. The average molecular weight is 346 g/mol. The molecule has 1 heterocycles. The van der Waals surface area contributed by atoms with Gasteiger partial charge in [0.05, 0.1) is 16.7 Å². The SMILES string of the molecule is CN(Cc1ccc(Cl)s1)S(=O)(=O)Cc1ccc(CO)cc1. The maximum absolute atomic E-state index is 12.3. The van der Waals surface area contributed by atoms with Crippen molar-refractivity contribution in [3.63, 3.8) is 0 Å². The summed E-state index contributed by atoms with van der Waals surface area (Å²) in [4.78, 5) is 0.904. The van der Waals surface area contributed by atoms with Crippen molar-refractivity contribution in [1.82, 2.24) is 4.31 Å². The van der Waals surface area contributed by atoms with Gasteiger partial charge >= 0.3 is 0 Å². The van der Waals surface area contributed by atoms with Crippen molar-refractivity contribution in [3.8, 4) is 0 Å². The van der Waals surface area contributed by atoms with Gasteiger partial charge in [-0.15, -0.1) is 11.3 Å². The number of rotatable bonds is 6. The van der Waals surface area contributed by atoms with Gasteiger partial charge in [-0.05, 0) is 23.3 Å². The number of aliphatic hydroxyl groups excluding tert-OH is 1. The molecule has 0 unspecified atom stereocenters. The molecule has 2 rings (SSSR count). The Morgan fingerprint density at radius 3 is 2.29 bits per heavy atom. The zero-order valence-corrected chi connectivity index (χ0v) is 13.9. The zero-order chi connectivity index (χ0) is 15.5. The van der Waals surface area contributed by atoms with Crippen molar-refractivity contribution < 1.29 is 13.5 Å². The largest absolute Gasteiger partial charge is 0.392 e. The summed E-state index contributed by atoms with van der Waals surface area (Å²) in [5, 5.41) is 8.98. The zero-order valence-electron chi connectivity index (χ0n) is 11.5. The fourth-order valence-corrected chi connectivity index (χ4v) is 4.21. The van der Waals surface area contributed by atoms with Crippen molar-refractivity contribution in [2.24, 2.45) is 0 Å². The van der Waals surface area contributed by atoms with E-state index in [2.05, 4.69) is 0 Å². The molecule has 0 saturated carbocycles. The minimum atomic E-state index is -3.39. The van der Waals surface area contributed by atoms with Crippen LogP contribution in [0, 0.1) is 0 Å². The molecule has 114 valence electrons. The van der Waals surface area contributed by atoms with Gasteiger partial charge in [0.15, 0.2) is 0 Å².